The van der Waals surface area contributed by atoms with Gasteiger partial charge in [0.05, 0.1) is 16.2 Å². The molecular formula is C31H23Cl2FN4O. The number of halogens is 3. The van der Waals surface area contributed by atoms with E-state index < -0.39 is 11.8 Å². The maximum Gasteiger partial charge on any atom is 0.141 e. The summed E-state index contributed by atoms with van der Waals surface area (Å²) in [4.78, 5) is 8.79. The van der Waals surface area contributed by atoms with Gasteiger partial charge in [0.2, 0.25) is 0 Å². The highest BCUT2D eigenvalue weighted by Crippen LogP contribution is 2.41. The molecule has 194 valence electrons. The van der Waals surface area contributed by atoms with Gasteiger partial charge in [-0.15, -0.1) is 0 Å². The van der Waals surface area contributed by atoms with Gasteiger partial charge in [-0.3, -0.25) is 4.98 Å². The largest absolute Gasteiger partial charge is 0.376 e. The molecule has 1 N–H and O–H groups in total. The van der Waals surface area contributed by atoms with E-state index in [0.717, 1.165) is 11.3 Å². The van der Waals surface area contributed by atoms with Gasteiger partial charge in [-0.2, -0.15) is 5.10 Å². The van der Waals surface area contributed by atoms with E-state index in [2.05, 4.69) is 15.1 Å². The van der Waals surface area contributed by atoms with Gasteiger partial charge in [0, 0.05) is 54.1 Å². The minimum absolute atomic E-state index is 0.269. The second-order valence-electron chi connectivity index (χ2n) is 9.45. The topological polar surface area (TPSA) is 63.8 Å². The third-order valence-corrected chi connectivity index (χ3v) is 7.73. The summed E-state index contributed by atoms with van der Waals surface area (Å²) in [6.45, 7) is 0. The van der Waals surface area contributed by atoms with Crippen molar-refractivity contribution in [1.82, 2.24) is 19.7 Å². The van der Waals surface area contributed by atoms with Crippen molar-refractivity contribution in [2.45, 2.75) is 24.6 Å². The summed E-state index contributed by atoms with van der Waals surface area (Å²) in [7, 11) is 0. The Morgan fingerprint density at radius 2 is 1.87 bits per heavy atom. The number of allylic oxidation sites excluding steroid dienone is 2. The molecular weight excluding hydrogens is 534 g/mol. The minimum Gasteiger partial charge on any atom is -0.376 e. The Morgan fingerprint density at radius 3 is 2.59 bits per heavy atom. The average molecular weight is 557 g/mol. The molecule has 0 bridgehead atoms. The fourth-order valence-corrected chi connectivity index (χ4v) is 5.57. The number of nitrogens with zero attached hydrogens (tertiary/aromatic N) is 4. The third kappa shape index (κ3) is 4.76. The quantitative estimate of drug-likeness (QED) is 0.225. The third-order valence-electron chi connectivity index (χ3n) is 6.99. The van der Waals surface area contributed by atoms with Crippen LogP contribution in [0.15, 0.2) is 109 Å². The fourth-order valence-electron chi connectivity index (χ4n) is 4.96. The molecule has 0 radical (unpaired) electrons. The van der Waals surface area contributed by atoms with Crippen molar-refractivity contribution >= 4 is 34.1 Å². The van der Waals surface area contributed by atoms with E-state index in [-0.39, 0.29) is 6.42 Å². The van der Waals surface area contributed by atoms with Crippen LogP contribution in [0.5, 0.6) is 0 Å². The molecule has 3 heterocycles. The molecule has 2 atom stereocenters. The van der Waals surface area contributed by atoms with Crippen LogP contribution in [0.1, 0.15) is 28.7 Å². The monoisotopic (exact) mass is 556 g/mol. The van der Waals surface area contributed by atoms with Crippen molar-refractivity contribution in [3.8, 4) is 5.69 Å². The van der Waals surface area contributed by atoms with Crippen molar-refractivity contribution in [2.75, 3.05) is 0 Å². The van der Waals surface area contributed by atoms with Crippen LogP contribution < -0.4 is 0 Å². The summed E-state index contributed by atoms with van der Waals surface area (Å²) in [5.41, 5.74) is 3.05. The molecule has 0 aliphatic heterocycles. The molecule has 0 saturated carbocycles. The number of benzene rings is 2. The lowest BCUT2D eigenvalue weighted by molar-refractivity contribution is 0.122. The van der Waals surface area contributed by atoms with E-state index in [9.17, 15) is 9.50 Å². The zero-order valence-corrected chi connectivity index (χ0v) is 22.2. The summed E-state index contributed by atoms with van der Waals surface area (Å²) < 4.78 is 16.2. The van der Waals surface area contributed by atoms with Crippen LogP contribution in [0.25, 0.3) is 16.6 Å². The summed E-state index contributed by atoms with van der Waals surface area (Å²) in [5, 5.41) is 17.9. The number of hydrogen-bond donors (Lipinski definition) is 1. The molecule has 39 heavy (non-hydrogen) atoms. The lowest BCUT2D eigenvalue weighted by atomic mass is 9.78. The molecule has 3 aromatic heterocycles. The van der Waals surface area contributed by atoms with Crippen LogP contribution in [0.3, 0.4) is 0 Å². The minimum atomic E-state index is -1.64. The first-order valence-electron chi connectivity index (χ1n) is 12.5. The molecule has 0 saturated heterocycles. The van der Waals surface area contributed by atoms with Gasteiger partial charge >= 0.3 is 0 Å². The van der Waals surface area contributed by atoms with Crippen LogP contribution in [0.4, 0.5) is 4.39 Å². The first-order valence-corrected chi connectivity index (χ1v) is 13.2. The number of pyridine rings is 2. The normalized spacial score (nSPS) is 16.7. The summed E-state index contributed by atoms with van der Waals surface area (Å²) in [5.74, 6) is 0. The summed E-state index contributed by atoms with van der Waals surface area (Å²) in [6, 6.07) is 18.7. The molecule has 5 aromatic rings. The van der Waals surface area contributed by atoms with E-state index >= 15 is 0 Å². The number of alkyl halides is 1. The lowest BCUT2D eigenvalue weighted by Gasteiger charge is -2.32. The Labute approximate surface area is 234 Å². The molecule has 8 heteroatoms. The standard InChI is InChI=1S/C31H23Cl2FN4O/c32-29-26-18-22(31(39,23-5-2-13-35-19-23)21-4-1-6-24(34)17-21)9-12-28(26)37-30(33)27(29)16-20-7-10-25(11-8-20)38-15-3-14-36-38/h1-5,7-15,17-19,24,39H,6,16H2. The van der Waals surface area contributed by atoms with E-state index in [1.165, 1.54) is 6.08 Å². The zero-order chi connectivity index (χ0) is 27.0. The highest BCUT2D eigenvalue weighted by Gasteiger charge is 2.37. The van der Waals surface area contributed by atoms with Crippen LogP contribution in [-0.4, -0.2) is 31.0 Å². The second kappa shape index (κ2) is 10.4. The Morgan fingerprint density at radius 1 is 1.03 bits per heavy atom. The average Bonchev–Trinajstić information content (AvgIpc) is 3.51. The Hall–Kier alpha value is -3.84. The van der Waals surface area contributed by atoms with E-state index in [0.29, 0.717) is 49.8 Å². The van der Waals surface area contributed by atoms with Crippen LogP contribution in [0, 0.1) is 0 Å². The maximum absolute atomic E-state index is 14.4. The Kier molecular flexibility index (Phi) is 6.77. The van der Waals surface area contributed by atoms with E-state index in [1.807, 2.05) is 36.5 Å². The first kappa shape index (κ1) is 25.4. The molecule has 0 spiro atoms. The predicted octanol–water partition coefficient (Wildman–Crippen LogP) is 7.17. The van der Waals surface area contributed by atoms with E-state index in [4.69, 9.17) is 23.2 Å². The molecule has 2 unspecified atom stereocenters. The maximum atomic E-state index is 14.4. The van der Waals surface area contributed by atoms with Crippen LogP contribution >= 0.6 is 23.2 Å². The van der Waals surface area contributed by atoms with Crippen molar-refractivity contribution in [2.24, 2.45) is 0 Å². The number of rotatable bonds is 6. The molecule has 1 aliphatic carbocycles. The summed E-state index contributed by atoms with van der Waals surface area (Å²) >= 11 is 13.6. The second-order valence-corrected chi connectivity index (χ2v) is 10.2. The van der Waals surface area contributed by atoms with Gasteiger partial charge in [0.1, 0.15) is 16.9 Å². The zero-order valence-electron chi connectivity index (χ0n) is 20.7. The number of aromatic nitrogens is 4. The molecule has 1 aliphatic rings. The van der Waals surface area contributed by atoms with Crippen molar-refractivity contribution in [3.63, 3.8) is 0 Å². The van der Waals surface area contributed by atoms with Crippen molar-refractivity contribution < 1.29 is 9.50 Å². The first-order chi connectivity index (χ1) is 18.9. The molecule has 5 nitrogen and oxygen atoms in total. The van der Waals surface area contributed by atoms with Gasteiger partial charge in [0.15, 0.2) is 0 Å². The Balaban J connectivity index is 1.43. The van der Waals surface area contributed by atoms with Crippen molar-refractivity contribution in [3.05, 3.63) is 142 Å². The SMILES string of the molecule is OC(C1=CC(F)CC=C1)(c1cccnc1)c1ccc2nc(Cl)c(Cc3ccc(-n4cccn4)cc3)c(Cl)c2c1. The highest BCUT2D eigenvalue weighted by molar-refractivity contribution is 6.39. The Bertz CT molecular complexity index is 1700. The fraction of sp³-hybridized carbons (Fsp3) is 0.129. The molecule has 6 rings (SSSR count). The molecule has 0 fully saturated rings. The summed E-state index contributed by atoms with van der Waals surface area (Å²) in [6.07, 6.45) is 11.3. The van der Waals surface area contributed by atoms with Gasteiger partial charge in [0.25, 0.3) is 0 Å². The number of fused-ring (bicyclic) bond motifs is 1. The molecule has 2 aromatic carbocycles. The lowest BCUT2D eigenvalue weighted by Crippen LogP contribution is -2.31. The van der Waals surface area contributed by atoms with Crippen LogP contribution in [0.2, 0.25) is 10.2 Å². The van der Waals surface area contributed by atoms with Gasteiger partial charge in [-0.1, -0.05) is 59.6 Å². The van der Waals surface area contributed by atoms with Crippen LogP contribution in [-0.2, 0) is 12.0 Å². The van der Waals surface area contributed by atoms with Crippen molar-refractivity contribution in [1.29, 1.82) is 0 Å². The van der Waals surface area contributed by atoms with Gasteiger partial charge in [-0.25, -0.2) is 14.1 Å². The number of hydrogen-bond acceptors (Lipinski definition) is 4. The van der Waals surface area contributed by atoms with E-state index in [1.54, 1.807) is 65.8 Å². The number of aliphatic hydroxyl groups is 1. The molecule has 0 amide bonds. The highest BCUT2D eigenvalue weighted by atomic mass is 35.5. The predicted molar refractivity (Wildman–Crippen MR) is 152 cm³/mol. The van der Waals surface area contributed by atoms with Gasteiger partial charge in [-0.05, 0) is 59.2 Å². The van der Waals surface area contributed by atoms with Gasteiger partial charge < -0.3 is 5.11 Å². The smallest absolute Gasteiger partial charge is 0.141 e.